The fourth-order valence-corrected chi connectivity index (χ4v) is 6.29. The number of amides is 1. The number of fused-ring (bicyclic) bond motifs is 2. The Hall–Kier alpha value is -3.66. The third-order valence-electron chi connectivity index (χ3n) is 6.34. The zero-order valence-corrected chi connectivity index (χ0v) is 20.5. The molecule has 1 heterocycles. The van der Waals surface area contributed by atoms with Crippen LogP contribution in [0, 0.1) is 0 Å². The summed E-state index contributed by atoms with van der Waals surface area (Å²) in [5, 5.41) is 2.71. The van der Waals surface area contributed by atoms with E-state index in [4.69, 9.17) is 4.74 Å². The summed E-state index contributed by atoms with van der Waals surface area (Å²) in [5.41, 5.74) is 1.43. The second-order valence-electron chi connectivity index (χ2n) is 8.99. The van der Waals surface area contributed by atoms with Crippen LogP contribution in [-0.2, 0) is 14.8 Å². The molecule has 1 fully saturated rings. The molecule has 3 aromatic carbocycles. The average molecular weight is 505 g/mol. The van der Waals surface area contributed by atoms with E-state index in [9.17, 15) is 22.8 Å². The lowest BCUT2D eigenvalue weighted by Crippen LogP contribution is -2.48. The number of anilines is 1. The molecule has 0 spiro atoms. The van der Waals surface area contributed by atoms with Crippen molar-refractivity contribution in [1.29, 1.82) is 0 Å². The van der Waals surface area contributed by atoms with Crippen LogP contribution in [0.5, 0.6) is 0 Å². The summed E-state index contributed by atoms with van der Waals surface area (Å²) in [4.78, 5) is 39.2. The second-order valence-corrected chi connectivity index (χ2v) is 10.9. The topological polar surface area (TPSA) is 110 Å². The van der Waals surface area contributed by atoms with Crippen molar-refractivity contribution in [3.8, 4) is 0 Å². The van der Waals surface area contributed by atoms with Crippen molar-refractivity contribution in [2.45, 2.75) is 31.0 Å². The number of sulfonamides is 1. The lowest BCUT2D eigenvalue weighted by Gasteiger charge is -2.34. The number of ketones is 2. The molecule has 3 aromatic rings. The zero-order chi connectivity index (χ0) is 25.6. The first-order chi connectivity index (χ1) is 17.2. The number of carbonyl (C=O) groups excluding carboxylic acids is 3. The van der Waals surface area contributed by atoms with Gasteiger partial charge in [0.2, 0.25) is 10.0 Å². The van der Waals surface area contributed by atoms with E-state index in [1.165, 1.54) is 28.6 Å². The minimum absolute atomic E-state index is 0.0785. The van der Waals surface area contributed by atoms with Crippen molar-refractivity contribution in [1.82, 2.24) is 4.31 Å². The molecular formula is C27H24N2O6S. The normalized spacial score (nSPS) is 19.9. The molecule has 2 aliphatic rings. The van der Waals surface area contributed by atoms with Gasteiger partial charge in [0.15, 0.2) is 11.6 Å². The van der Waals surface area contributed by atoms with E-state index in [1.807, 2.05) is 13.8 Å². The molecular weight excluding hydrogens is 480 g/mol. The minimum Gasteiger partial charge on any atom is -0.373 e. The van der Waals surface area contributed by atoms with Gasteiger partial charge in [-0.25, -0.2) is 8.42 Å². The van der Waals surface area contributed by atoms with Gasteiger partial charge in [-0.3, -0.25) is 14.4 Å². The Morgan fingerprint density at radius 1 is 0.833 bits per heavy atom. The number of ether oxygens (including phenoxy) is 1. The smallest absolute Gasteiger partial charge is 0.255 e. The molecule has 0 bridgehead atoms. The SMILES string of the molecule is C[C@H]1CN(S(=O)(=O)c2ccc(C(=O)Nc3cccc4c3C(=O)c3ccccc3C4=O)cc2)C[C@H](C)O1. The fraction of sp³-hybridized carbons (Fsp3) is 0.222. The van der Waals surface area contributed by atoms with E-state index in [0.29, 0.717) is 5.56 Å². The predicted octanol–water partition coefficient (Wildman–Crippen LogP) is 3.51. The van der Waals surface area contributed by atoms with Gasteiger partial charge in [0, 0.05) is 35.3 Å². The van der Waals surface area contributed by atoms with Crippen LogP contribution in [0.1, 0.15) is 56.0 Å². The number of hydrogen-bond acceptors (Lipinski definition) is 6. The van der Waals surface area contributed by atoms with Gasteiger partial charge in [-0.15, -0.1) is 0 Å². The summed E-state index contributed by atoms with van der Waals surface area (Å²) < 4.78 is 33.2. The van der Waals surface area contributed by atoms with Gasteiger partial charge >= 0.3 is 0 Å². The molecule has 2 atom stereocenters. The first-order valence-corrected chi connectivity index (χ1v) is 13.0. The van der Waals surface area contributed by atoms with Crippen LogP contribution in [0.2, 0.25) is 0 Å². The summed E-state index contributed by atoms with van der Waals surface area (Å²) in [6.45, 7) is 4.16. The summed E-state index contributed by atoms with van der Waals surface area (Å²) >= 11 is 0. The summed E-state index contributed by atoms with van der Waals surface area (Å²) in [7, 11) is -3.74. The Labute approximate surface area is 208 Å². The van der Waals surface area contributed by atoms with Crippen LogP contribution >= 0.6 is 0 Å². The standard InChI is InChI=1S/C27H24N2O6S/c1-16-14-29(15-17(2)35-16)36(33,34)19-12-10-18(11-13-19)27(32)28-23-9-5-8-22-24(23)26(31)21-7-4-3-6-20(21)25(22)30/h3-13,16-17H,14-15H2,1-2H3,(H,28,32)/t16-,17-/m0/s1. The van der Waals surface area contributed by atoms with E-state index in [0.717, 1.165) is 0 Å². The predicted molar refractivity (Wildman–Crippen MR) is 133 cm³/mol. The Morgan fingerprint density at radius 3 is 2.06 bits per heavy atom. The molecule has 36 heavy (non-hydrogen) atoms. The van der Waals surface area contributed by atoms with Crippen LogP contribution in [-0.4, -0.2) is 55.5 Å². The zero-order valence-electron chi connectivity index (χ0n) is 19.7. The molecule has 5 rings (SSSR count). The third kappa shape index (κ3) is 4.15. The number of morpholine rings is 1. The molecule has 0 saturated carbocycles. The fourth-order valence-electron chi connectivity index (χ4n) is 4.70. The highest BCUT2D eigenvalue weighted by molar-refractivity contribution is 7.89. The highest BCUT2D eigenvalue weighted by atomic mass is 32.2. The van der Waals surface area contributed by atoms with Gasteiger partial charge in [0.1, 0.15) is 0 Å². The lowest BCUT2D eigenvalue weighted by atomic mass is 9.83. The number of nitrogens with zero attached hydrogens (tertiary/aromatic N) is 1. The molecule has 1 aliphatic heterocycles. The molecule has 1 N–H and O–H groups in total. The largest absolute Gasteiger partial charge is 0.373 e. The van der Waals surface area contributed by atoms with Crippen LogP contribution in [0.4, 0.5) is 5.69 Å². The van der Waals surface area contributed by atoms with E-state index in [2.05, 4.69) is 5.32 Å². The maximum absolute atomic E-state index is 13.2. The molecule has 9 heteroatoms. The van der Waals surface area contributed by atoms with Gasteiger partial charge in [0.25, 0.3) is 5.91 Å². The van der Waals surface area contributed by atoms with Crippen LogP contribution < -0.4 is 5.32 Å². The maximum atomic E-state index is 13.2. The lowest BCUT2D eigenvalue weighted by molar-refractivity contribution is -0.0440. The quantitative estimate of drug-likeness (QED) is 0.456. The van der Waals surface area contributed by atoms with Crippen LogP contribution in [0.3, 0.4) is 0 Å². The van der Waals surface area contributed by atoms with Gasteiger partial charge < -0.3 is 10.1 Å². The molecule has 1 saturated heterocycles. The maximum Gasteiger partial charge on any atom is 0.255 e. The number of nitrogens with one attached hydrogen (secondary N) is 1. The van der Waals surface area contributed by atoms with E-state index >= 15 is 0 Å². The Bertz CT molecular complexity index is 1490. The molecule has 0 aromatic heterocycles. The third-order valence-corrected chi connectivity index (χ3v) is 8.19. The van der Waals surface area contributed by atoms with E-state index < -0.39 is 15.9 Å². The highest BCUT2D eigenvalue weighted by Gasteiger charge is 2.33. The van der Waals surface area contributed by atoms with Crippen molar-refractivity contribution in [2.24, 2.45) is 0 Å². The Balaban J connectivity index is 1.39. The Kier molecular flexibility index (Phi) is 6.07. The van der Waals surface area contributed by atoms with Gasteiger partial charge in [-0.2, -0.15) is 4.31 Å². The van der Waals surface area contributed by atoms with Gasteiger partial charge in [-0.1, -0.05) is 36.4 Å². The number of hydrogen-bond donors (Lipinski definition) is 1. The highest BCUT2D eigenvalue weighted by Crippen LogP contribution is 2.32. The number of rotatable bonds is 4. The number of carbonyl (C=O) groups is 3. The first kappa shape index (κ1) is 24.1. The van der Waals surface area contributed by atoms with Crippen molar-refractivity contribution >= 4 is 33.2 Å². The summed E-state index contributed by atoms with van der Waals surface area (Å²) in [5.74, 6) is -1.15. The van der Waals surface area contributed by atoms with E-state index in [-0.39, 0.29) is 69.7 Å². The molecule has 0 unspecified atom stereocenters. The molecule has 0 radical (unpaired) electrons. The summed E-state index contributed by atoms with van der Waals surface area (Å²) in [6.07, 6.45) is -0.432. The summed E-state index contributed by atoms with van der Waals surface area (Å²) in [6, 6.07) is 16.9. The van der Waals surface area contributed by atoms with Crippen LogP contribution in [0.15, 0.2) is 71.6 Å². The average Bonchev–Trinajstić information content (AvgIpc) is 2.86. The van der Waals surface area contributed by atoms with Crippen molar-refractivity contribution in [3.63, 3.8) is 0 Å². The van der Waals surface area contributed by atoms with Gasteiger partial charge in [0.05, 0.1) is 28.4 Å². The molecule has 8 nitrogen and oxygen atoms in total. The van der Waals surface area contributed by atoms with Gasteiger partial charge in [-0.05, 0) is 44.2 Å². The van der Waals surface area contributed by atoms with E-state index in [1.54, 1.807) is 42.5 Å². The number of benzene rings is 3. The van der Waals surface area contributed by atoms with Crippen molar-refractivity contribution in [3.05, 3.63) is 94.5 Å². The van der Waals surface area contributed by atoms with Crippen molar-refractivity contribution in [2.75, 3.05) is 18.4 Å². The molecule has 1 amide bonds. The molecule has 184 valence electrons. The second kappa shape index (κ2) is 9.09. The minimum atomic E-state index is -3.74. The Morgan fingerprint density at radius 2 is 1.42 bits per heavy atom. The first-order valence-electron chi connectivity index (χ1n) is 11.6. The molecule has 1 aliphatic carbocycles. The van der Waals surface area contributed by atoms with Crippen molar-refractivity contribution < 1.29 is 27.5 Å². The van der Waals surface area contributed by atoms with Crippen LogP contribution in [0.25, 0.3) is 0 Å². The monoisotopic (exact) mass is 504 g/mol.